The highest BCUT2D eigenvalue weighted by atomic mass is 16.8. The van der Waals surface area contributed by atoms with E-state index in [1.807, 2.05) is 46.8 Å². The van der Waals surface area contributed by atoms with E-state index in [0.29, 0.717) is 51.4 Å². The first-order valence-electron chi connectivity index (χ1n) is 21.0. The zero-order valence-corrected chi connectivity index (χ0v) is 34.2. The first kappa shape index (κ1) is 43.0. The first-order chi connectivity index (χ1) is 24.8. The van der Waals surface area contributed by atoms with Crippen molar-refractivity contribution in [3.05, 3.63) is 12.2 Å². The molecule has 11 nitrogen and oxygen atoms in total. The fourth-order valence-electron chi connectivity index (χ4n) is 10.7. The van der Waals surface area contributed by atoms with Crippen molar-refractivity contribution in [2.45, 2.75) is 205 Å². The molecule has 6 N–H and O–H groups in total. The Balaban J connectivity index is 1.31. The lowest BCUT2D eigenvalue weighted by Gasteiger charge is -2.55. The van der Waals surface area contributed by atoms with Crippen LogP contribution in [0, 0.1) is 41.4 Å². The summed E-state index contributed by atoms with van der Waals surface area (Å²) in [6, 6.07) is -0.520. The van der Waals surface area contributed by atoms with Crippen LogP contribution in [-0.2, 0) is 28.5 Å². The van der Waals surface area contributed by atoms with Crippen molar-refractivity contribution in [3.63, 3.8) is 0 Å². The predicted octanol–water partition coefficient (Wildman–Crippen LogP) is 5.95. The largest absolute Gasteiger partial charge is 0.481 e. The fraction of sp³-hybridized carbons (Fsp3) is 0.929. The van der Waals surface area contributed by atoms with Gasteiger partial charge in [0.1, 0.15) is 0 Å². The van der Waals surface area contributed by atoms with Crippen LogP contribution in [0.3, 0.4) is 0 Å². The van der Waals surface area contributed by atoms with Crippen molar-refractivity contribution in [2.75, 3.05) is 0 Å². The topological polar surface area (TPSA) is 170 Å². The van der Waals surface area contributed by atoms with Crippen LogP contribution in [0.1, 0.15) is 133 Å². The van der Waals surface area contributed by atoms with Gasteiger partial charge in [-0.2, -0.15) is 0 Å². The summed E-state index contributed by atoms with van der Waals surface area (Å²) in [7, 11) is 0. The highest BCUT2D eigenvalue weighted by Crippen LogP contribution is 2.54. The van der Waals surface area contributed by atoms with Crippen molar-refractivity contribution in [3.8, 4) is 0 Å². The molecule has 0 saturated carbocycles. The molecule has 19 atom stereocenters. The fourth-order valence-corrected chi connectivity index (χ4v) is 10.7. The minimum Gasteiger partial charge on any atom is -0.481 e. The van der Waals surface area contributed by atoms with Gasteiger partial charge in [0.05, 0.1) is 65.9 Å². The molecule has 0 aromatic carbocycles. The first-order valence-corrected chi connectivity index (χ1v) is 21.0. The van der Waals surface area contributed by atoms with Crippen LogP contribution in [0.4, 0.5) is 0 Å². The van der Waals surface area contributed by atoms with Crippen LogP contribution in [-0.4, -0.2) is 97.9 Å². The minimum absolute atomic E-state index is 0.0244. The van der Waals surface area contributed by atoms with Gasteiger partial charge in [0.25, 0.3) is 0 Å². The Labute approximate surface area is 318 Å². The van der Waals surface area contributed by atoms with Gasteiger partial charge >= 0.3 is 5.97 Å². The molecule has 11 heteroatoms. The minimum atomic E-state index is -1.13. The Morgan fingerprint density at radius 1 is 0.906 bits per heavy atom. The Kier molecular flexibility index (Phi) is 13.3. The highest BCUT2D eigenvalue weighted by Gasteiger charge is 2.62. The van der Waals surface area contributed by atoms with Crippen molar-refractivity contribution in [1.82, 2.24) is 0 Å². The maximum absolute atomic E-state index is 12.1. The Morgan fingerprint density at radius 2 is 1.60 bits per heavy atom. The van der Waals surface area contributed by atoms with Gasteiger partial charge in [-0.15, -0.1) is 0 Å². The molecule has 5 heterocycles. The molecule has 5 aliphatic heterocycles. The summed E-state index contributed by atoms with van der Waals surface area (Å²) in [5.74, 6) is -4.56. The number of rotatable bonds is 12. The number of hydrogen-bond acceptors (Lipinski definition) is 10. The molecule has 1 unspecified atom stereocenters. The van der Waals surface area contributed by atoms with E-state index in [0.717, 1.165) is 12.8 Å². The van der Waals surface area contributed by atoms with Crippen LogP contribution in [0.2, 0.25) is 0 Å². The van der Waals surface area contributed by atoms with Gasteiger partial charge in [-0.25, -0.2) is 0 Å². The van der Waals surface area contributed by atoms with Gasteiger partial charge in [0.2, 0.25) is 0 Å². The van der Waals surface area contributed by atoms with Crippen LogP contribution in [0.25, 0.3) is 0 Å². The number of carboxylic acids is 1. The van der Waals surface area contributed by atoms with Gasteiger partial charge in [0.15, 0.2) is 11.6 Å². The molecule has 0 bridgehead atoms. The van der Waals surface area contributed by atoms with Crippen molar-refractivity contribution >= 4 is 5.97 Å². The lowest BCUT2D eigenvalue weighted by molar-refractivity contribution is -0.399. The summed E-state index contributed by atoms with van der Waals surface area (Å²) < 4.78 is 34.0. The molecule has 5 rings (SSSR count). The van der Waals surface area contributed by atoms with Crippen molar-refractivity contribution in [1.29, 1.82) is 0 Å². The van der Waals surface area contributed by atoms with Crippen LogP contribution in [0.15, 0.2) is 12.2 Å². The number of aliphatic hydroxyl groups is 3. The van der Waals surface area contributed by atoms with E-state index in [1.54, 1.807) is 0 Å². The Bertz CT molecular complexity index is 1280. The Morgan fingerprint density at radius 3 is 2.21 bits per heavy atom. The second kappa shape index (κ2) is 16.4. The molecule has 53 heavy (non-hydrogen) atoms. The van der Waals surface area contributed by atoms with E-state index in [-0.39, 0.29) is 54.0 Å². The third-order valence-electron chi connectivity index (χ3n) is 14.8. The van der Waals surface area contributed by atoms with Crippen molar-refractivity contribution in [2.24, 2.45) is 47.2 Å². The number of carbonyl (C=O) groups is 1. The molecule has 4 saturated heterocycles. The van der Waals surface area contributed by atoms with E-state index < -0.39 is 64.9 Å². The predicted molar refractivity (Wildman–Crippen MR) is 202 cm³/mol. The molecule has 4 fully saturated rings. The van der Waals surface area contributed by atoms with Crippen molar-refractivity contribution < 1.29 is 48.9 Å². The summed E-state index contributed by atoms with van der Waals surface area (Å²) in [5, 5.41) is 44.7. The van der Waals surface area contributed by atoms with E-state index in [2.05, 4.69) is 34.6 Å². The molecule has 0 radical (unpaired) electrons. The van der Waals surface area contributed by atoms with Gasteiger partial charge in [-0.05, 0) is 89.5 Å². The van der Waals surface area contributed by atoms with Gasteiger partial charge in [-0.1, -0.05) is 61.5 Å². The van der Waals surface area contributed by atoms with Crippen LogP contribution >= 0.6 is 0 Å². The van der Waals surface area contributed by atoms with Crippen LogP contribution < -0.4 is 5.73 Å². The van der Waals surface area contributed by atoms with Gasteiger partial charge in [-0.3, -0.25) is 4.79 Å². The number of ether oxygens (including phenoxy) is 5. The number of carboxylic acid groups (broad SMARTS) is 1. The highest BCUT2D eigenvalue weighted by molar-refractivity contribution is 5.70. The zero-order valence-electron chi connectivity index (χ0n) is 34.2. The van der Waals surface area contributed by atoms with E-state index in [1.165, 1.54) is 0 Å². The quantitative estimate of drug-likeness (QED) is 0.150. The van der Waals surface area contributed by atoms with Gasteiger partial charge in [0, 0.05) is 30.1 Å². The lowest BCUT2D eigenvalue weighted by atomic mass is 9.72. The third-order valence-corrected chi connectivity index (χ3v) is 14.8. The molecule has 0 amide bonds. The second-order valence-electron chi connectivity index (χ2n) is 18.2. The average molecular weight is 752 g/mol. The van der Waals surface area contributed by atoms with E-state index in [9.17, 15) is 25.2 Å². The zero-order chi connectivity index (χ0) is 39.3. The standard InChI is InChI=1S/C42H73NO10/c1-11-29(38(46)47)31-15-14-23(4)36(50-31)27(8)34(44)26(7)35(45)30(12-2)37-24(5)22-25(6)41(51-37)19-16-32(43)42(53-41)21-20-39(10,52-42)33-17-18-40(48,13-3)28(9)49-33/h16,19,23-37,44-45,48H,11-15,17-18,20-22,43H2,1-10H3,(H,46,47)/t23-,24-,25+,26-,27-,28-,29+,30-,31+,32+,33+,34+,35?,36+,37-,39-,40+,41-,42-/m0/s1. The van der Waals surface area contributed by atoms with Gasteiger partial charge < -0.3 is 49.8 Å². The molecular formula is C42H73NO10. The summed E-state index contributed by atoms with van der Waals surface area (Å²) >= 11 is 0. The molecule has 0 aliphatic carbocycles. The summed E-state index contributed by atoms with van der Waals surface area (Å²) in [5.41, 5.74) is 5.28. The maximum atomic E-state index is 12.1. The van der Waals surface area contributed by atoms with Crippen LogP contribution in [0.5, 0.6) is 0 Å². The number of hydrogen-bond donors (Lipinski definition) is 5. The number of nitrogens with two attached hydrogens (primary N) is 1. The molecule has 5 aliphatic rings. The maximum Gasteiger partial charge on any atom is 0.309 e. The van der Waals surface area contributed by atoms with E-state index >= 15 is 0 Å². The summed E-state index contributed by atoms with van der Waals surface area (Å²) in [6.07, 6.45) is 7.15. The lowest BCUT2D eigenvalue weighted by Crippen LogP contribution is -2.64. The monoisotopic (exact) mass is 752 g/mol. The SMILES string of the molecule is CC[C@@H](C(=O)O)[C@H]1CC[C@H](C)[C@H]([C@@H](C)[C@H](O)[C@H](C)C(O)[C@H](CC)[C@H]2O[C@]3(C=C[C@@H](N)[C@]4(CC[C@@](C)([C@H]5CC[C@](O)(CC)[C@H](C)O5)O4)O3)[C@H](C)C[C@@H]2C)O1. The molecule has 0 aromatic heterocycles. The third kappa shape index (κ3) is 8.04. The molecule has 2 spiro atoms. The number of aliphatic carboxylic acids is 1. The summed E-state index contributed by atoms with van der Waals surface area (Å²) in [4.78, 5) is 11.9. The summed E-state index contributed by atoms with van der Waals surface area (Å²) in [6.45, 7) is 20.2. The number of aliphatic hydroxyl groups excluding tert-OH is 2. The second-order valence-corrected chi connectivity index (χ2v) is 18.2. The smallest absolute Gasteiger partial charge is 0.309 e. The Hall–Kier alpha value is -1.15. The molecule has 306 valence electrons. The molecule has 0 aromatic rings. The normalized spacial score (nSPS) is 46.9. The average Bonchev–Trinajstić information content (AvgIpc) is 3.47. The molecular weight excluding hydrogens is 678 g/mol. The van der Waals surface area contributed by atoms with E-state index in [4.69, 9.17) is 29.4 Å².